The number of tetrazole rings is 1. The second kappa shape index (κ2) is 8.10. The number of ether oxygens (including phenoxy) is 3. The van der Waals surface area contributed by atoms with Gasteiger partial charge in [0.1, 0.15) is 11.5 Å². The molecule has 0 aliphatic heterocycles. The number of nitrogens with zero attached hydrogens (tertiary/aromatic N) is 4. The summed E-state index contributed by atoms with van der Waals surface area (Å²) in [6.07, 6.45) is 3.37. The third kappa shape index (κ3) is 3.80. The molecule has 0 fully saturated rings. The second-order valence-corrected chi connectivity index (χ2v) is 6.85. The number of H-pyrrole nitrogens is 1. The number of amides is 1. The highest BCUT2D eigenvalue weighted by Gasteiger charge is 2.23. The fourth-order valence-corrected chi connectivity index (χ4v) is 3.75. The lowest BCUT2D eigenvalue weighted by Crippen LogP contribution is -2.13. The predicted molar refractivity (Wildman–Crippen MR) is 106 cm³/mol. The monoisotopic (exact) mass is 412 g/mol. The van der Waals surface area contributed by atoms with E-state index in [1.165, 1.54) is 11.3 Å². The molecule has 148 valence electrons. The van der Waals surface area contributed by atoms with Gasteiger partial charge < -0.3 is 14.2 Å². The van der Waals surface area contributed by atoms with Gasteiger partial charge >= 0.3 is 0 Å². The molecule has 0 atom stereocenters. The van der Waals surface area contributed by atoms with Crippen molar-refractivity contribution in [2.45, 2.75) is 6.61 Å². The summed E-state index contributed by atoms with van der Waals surface area (Å²) in [7, 11) is 3.11. The molecule has 3 heterocycles. The molecular weight excluding hydrogens is 396 g/mol. The molecule has 2 N–H and O–H groups in total. The molecule has 3 aromatic heterocycles. The molecule has 0 aliphatic carbocycles. The molecule has 0 saturated carbocycles. The number of benzene rings is 1. The summed E-state index contributed by atoms with van der Waals surface area (Å²) in [5.74, 6) is 1.20. The van der Waals surface area contributed by atoms with Crippen molar-refractivity contribution < 1.29 is 19.0 Å². The molecule has 0 bridgehead atoms. The number of carbonyl (C=O) groups excluding carboxylic acids is 1. The van der Waals surface area contributed by atoms with Crippen molar-refractivity contribution in [3.05, 3.63) is 47.1 Å². The Morgan fingerprint density at radius 3 is 2.62 bits per heavy atom. The molecule has 0 aliphatic rings. The third-order valence-corrected chi connectivity index (χ3v) is 5.19. The molecule has 10 nitrogen and oxygen atoms in total. The van der Waals surface area contributed by atoms with Crippen LogP contribution in [0.5, 0.6) is 17.2 Å². The van der Waals surface area contributed by atoms with Crippen LogP contribution >= 0.6 is 11.3 Å². The number of rotatable bonds is 7. The van der Waals surface area contributed by atoms with Crippen LogP contribution in [0.25, 0.3) is 10.1 Å². The molecule has 0 unspecified atom stereocenters. The minimum Gasteiger partial charge on any atom is -0.493 e. The van der Waals surface area contributed by atoms with E-state index in [1.54, 1.807) is 32.7 Å². The number of anilines is 1. The van der Waals surface area contributed by atoms with Crippen molar-refractivity contribution in [3.63, 3.8) is 0 Å². The molecule has 0 spiro atoms. The van der Waals surface area contributed by atoms with Crippen LogP contribution in [0.2, 0.25) is 0 Å². The van der Waals surface area contributed by atoms with Gasteiger partial charge in [-0.15, -0.1) is 16.4 Å². The molecule has 1 amide bonds. The number of hydrogen-bond acceptors (Lipinski definition) is 9. The van der Waals surface area contributed by atoms with Crippen molar-refractivity contribution in [1.29, 1.82) is 0 Å². The number of nitrogens with one attached hydrogen (secondary N) is 2. The van der Waals surface area contributed by atoms with Crippen LogP contribution in [0, 0.1) is 0 Å². The normalized spacial score (nSPS) is 10.7. The lowest BCUT2D eigenvalue weighted by atomic mass is 10.2. The molecule has 0 saturated heterocycles. The number of carbonyl (C=O) groups is 1. The Labute approximate surface area is 168 Å². The standard InChI is InChI=1S/C18H16N6O4S/c1-26-12-7-11-14(8-13(12)27-2)29-16(17(25)20-18-21-23-24-22-18)15(11)28-9-10-3-5-19-6-4-10/h3-8H,9H2,1-2H3,(H2,20,21,22,23,24,25). The summed E-state index contributed by atoms with van der Waals surface area (Å²) in [5, 5.41) is 16.6. The van der Waals surface area contributed by atoms with Gasteiger partial charge in [0.25, 0.3) is 11.9 Å². The topological polar surface area (TPSA) is 124 Å². The number of thiophene rings is 1. The molecule has 0 radical (unpaired) electrons. The Hall–Kier alpha value is -3.73. The average molecular weight is 412 g/mol. The molecular formula is C18H16N6O4S. The van der Waals surface area contributed by atoms with Crippen molar-refractivity contribution in [3.8, 4) is 17.2 Å². The van der Waals surface area contributed by atoms with E-state index in [1.807, 2.05) is 18.2 Å². The number of pyridine rings is 1. The van der Waals surface area contributed by atoms with Gasteiger partial charge in [0.05, 0.1) is 14.2 Å². The number of hydrogen-bond donors (Lipinski definition) is 2. The number of fused-ring (bicyclic) bond motifs is 1. The van der Waals surface area contributed by atoms with Gasteiger partial charge in [0.15, 0.2) is 17.2 Å². The Balaban J connectivity index is 1.76. The van der Waals surface area contributed by atoms with E-state index in [0.29, 0.717) is 22.1 Å². The molecule has 11 heteroatoms. The van der Waals surface area contributed by atoms with Gasteiger partial charge in [-0.1, -0.05) is 5.10 Å². The SMILES string of the molecule is COc1cc2sc(C(=O)Nc3nn[nH]n3)c(OCc3ccncc3)c2cc1OC. The van der Waals surface area contributed by atoms with Crippen LogP contribution in [0.4, 0.5) is 5.95 Å². The maximum absolute atomic E-state index is 12.8. The lowest BCUT2D eigenvalue weighted by molar-refractivity contribution is 0.102. The van der Waals surface area contributed by atoms with Crippen LogP contribution in [-0.2, 0) is 6.61 Å². The maximum atomic E-state index is 12.8. The average Bonchev–Trinajstić information content (AvgIpc) is 3.39. The van der Waals surface area contributed by atoms with Gasteiger partial charge in [0.2, 0.25) is 0 Å². The second-order valence-electron chi connectivity index (χ2n) is 5.80. The van der Waals surface area contributed by atoms with Gasteiger partial charge in [-0.2, -0.15) is 5.21 Å². The minimum absolute atomic E-state index is 0.0719. The lowest BCUT2D eigenvalue weighted by Gasteiger charge is -2.10. The van der Waals surface area contributed by atoms with E-state index in [2.05, 4.69) is 30.9 Å². The van der Waals surface area contributed by atoms with Crippen molar-refractivity contribution in [2.24, 2.45) is 0 Å². The first kappa shape index (κ1) is 18.6. The van der Waals surface area contributed by atoms with E-state index in [9.17, 15) is 4.79 Å². The highest BCUT2D eigenvalue weighted by molar-refractivity contribution is 7.21. The summed E-state index contributed by atoms with van der Waals surface area (Å²) >= 11 is 1.27. The van der Waals surface area contributed by atoms with Crippen molar-refractivity contribution in [2.75, 3.05) is 19.5 Å². The van der Waals surface area contributed by atoms with Gasteiger partial charge in [-0.25, -0.2) is 0 Å². The Bertz CT molecular complexity index is 1130. The van der Waals surface area contributed by atoms with E-state index >= 15 is 0 Å². The summed E-state index contributed by atoms with van der Waals surface area (Å²) in [4.78, 5) is 17.2. The van der Waals surface area contributed by atoms with Crippen LogP contribution < -0.4 is 19.5 Å². The first-order valence-electron chi connectivity index (χ1n) is 8.44. The Kier molecular flexibility index (Phi) is 5.20. The van der Waals surface area contributed by atoms with Crippen LogP contribution in [-0.4, -0.2) is 45.7 Å². The number of aromatic amines is 1. The van der Waals surface area contributed by atoms with Crippen LogP contribution in [0.1, 0.15) is 15.2 Å². The number of methoxy groups -OCH3 is 2. The Morgan fingerprint density at radius 2 is 1.93 bits per heavy atom. The molecule has 4 aromatic rings. The minimum atomic E-state index is -0.407. The van der Waals surface area contributed by atoms with Gasteiger partial charge in [0, 0.05) is 28.5 Å². The van der Waals surface area contributed by atoms with Crippen LogP contribution in [0.3, 0.4) is 0 Å². The smallest absolute Gasteiger partial charge is 0.272 e. The quantitative estimate of drug-likeness (QED) is 0.475. The molecule has 1 aromatic carbocycles. The first-order chi connectivity index (χ1) is 14.2. The highest BCUT2D eigenvalue weighted by Crippen LogP contribution is 2.44. The highest BCUT2D eigenvalue weighted by atomic mass is 32.1. The van der Waals surface area contributed by atoms with Crippen LogP contribution in [0.15, 0.2) is 36.7 Å². The van der Waals surface area contributed by atoms with E-state index in [0.717, 1.165) is 15.6 Å². The van der Waals surface area contributed by atoms with Gasteiger partial charge in [-0.05, 0) is 29.0 Å². The number of aromatic nitrogens is 5. The molecule has 29 heavy (non-hydrogen) atoms. The Morgan fingerprint density at radius 1 is 1.17 bits per heavy atom. The summed E-state index contributed by atoms with van der Waals surface area (Å²) < 4.78 is 17.6. The maximum Gasteiger partial charge on any atom is 0.272 e. The predicted octanol–water partition coefficient (Wildman–Crippen LogP) is 2.66. The summed E-state index contributed by atoms with van der Waals surface area (Å²) in [5.41, 5.74) is 0.921. The zero-order chi connectivity index (χ0) is 20.2. The fraction of sp³-hybridized carbons (Fsp3) is 0.167. The van der Waals surface area contributed by atoms with Gasteiger partial charge in [-0.3, -0.25) is 15.1 Å². The fourth-order valence-electron chi connectivity index (χ4n) is 2.70. The summed E-state index contributed by atoms with van der Waals surface area (Å²) in [6.45, 7) is 0.269. The third-order valence-electron chi connectivity index (χ3n) is 4.06. The largest absolute Gasteiger partial charge is 0.493 e. The first-order valence-corrected chi connectivity index (χ1v) is 9.26. The summed E-state index contributed by atoms with van der Waals surface area (Å²) in [6, 6.07) is 7.29. The van der Waals surface area contributed by atoms with Crippen molar-refractivity contribution in [1.82, 2.24) is 25.6 Å². The van der Waals surface area contributed by atoms with E-state index in [-0.39, 0.29) is 12.6 Å². The van der Waals surface area contributed by atoms with Crippen molar-refractivity contribution >= 4 is 33.3 Å². The zero-order valence-corrected chi connectivity index (χ0v) is 16.3. The van der Waals surface area contributed by atoms with E-state index in [4.69, 9.17) is 14.2 Å². The molecule has 4 rings (SSSR count). The zero-order valence-electron chi connectivity index (χ0n) is 15.5. The van der Waals surface area contributed by atoms with E-state index < -0.39 is 5.91 Å².